The minimum atomic E-state index is -0.504. The number of hydrogen-bond acceptors (Lipinski definition) is 2. The smallest absolute Gasteiger partial charge is 0.309 e. The average molecular weight is 459 g/mol. The zero-order chi connectivity index (χ0) is 24.2. The lowest BCUT2D eigenvalue weighted by molar-refractivity contribution is -0.255. The Labute approximate surface area is 202 Å². The third-order valence-electron chi connectivity index (χ3n) is 13.6. The molecule has 5 aliphatic rings. The molecule has 0 aromatic carbocycles. The third-order valence-corrected chi connectivity index (χ3v) is 13.6. The maximum atomic E-state index is 12.8. The lowest BCUT2D eigenvalue weighted by Crippen LogP contribution is -2.67. The minimum absolute atomic E-state index is 0.00942. The Bertz CT molecular complexity index is 830. The first-order valence-corrected chi connectivity index (χ1v) is 14.1. The normalized spacial score (nSPS) is 54.8. The van der Waals surface area contributed by atoms with Crippen LogP contribution in [0.15, 0.2) is 0 Å². The summed E-state index contributed by atoms with van der Waals surface area (Å²) in [5, 5.41) is 21.4. The molecule has 0 bridgehead atoms. The molecule has 3 heteroatoms. The lowest BCUT2D eigenvalue weighted by Gasteiger charge is -2.73. The van der Waals surface area contributed by atoms with E-state index in [4.69, 9.17) is 0 Å². The van der Waals surface area contributed by atoms with Crippen LogP contribution in [0.25, 0.3) is 0 Å². The molecule has 33 heavy (non-hydrogen) atoms. The van der Waals surface area contributed by atoms with Gasteiger partial charge in [0, 0.05) is 0 Å². The van der Waals surface area contributed by atoms with Gasteiger partial charge in [0.05, 0.1) is 11.5 Å². The number of hydrogen-bond donors (Lipinski definition) is 2. The van der Waals surface area contributed by atoms with Gasteiger partial charge < -0.3 is 10.2 Å². The fourth-order valence-corrected chi connectivity index (χ4v) is 11.4. The van der Waals surface area contributed by atoms with E-state index in [0.29, 0.717) is 23.7 Å². The minimum Gasteiger partial charge on any atom is -0.481 e. The van der Waals surface area contributed by atoms with Crippen LogP contribution < -0.4 is 0 Å². The van der Waals surface area contributed by atoms with Crippen LogP contribution in [-0.2, 0) is 4.79 Å². The highest BCUT2D eigenvalue weighted by atomic mass is 16.4. The van der Waals surface area contributed by atoms with Crippen LogP contribution in [0.1, 0.15) is 119 Å². The summed E-state index contributed by atoms with van der Waals surface area (Å²) in [7, 11) is 0. The number of aliphatic hydroxyl groups is 1. The zero-order valence-electron chi connectivity index (χ0n) is 22.5. The average Bonchev–Trinajstić information content (AvgIpc) is 2.71. The van der Waals surface area contributed by atoms with Crippen LogP contribution in [-0.4, -0.2) is 22.3 Å². The summed E-state index contributed by atoms with van der Waals surface area (Å²) in [5.74, 6) is 1.62. The Balaban J connectivity index is 1.54. The Morgan fingerprint density at radius 1 is 0.697 bits per heavy atom. The molecule has 2 N–H and O–H groups in total. The Kier molecular flexibility index (Phi) is 5.13. The second kappa shape index (κ2) is 7.01. The highest BCUT2D eigenvalue weighted by Gasteiger charge is 2.71. The Hall–Kier alpha value is -0.570. The predicted octanol–water partition coefficient (Wildman–Crippen LogP) is 7.31. The van der Waals surface area contributed by atoms with Gasteiger partial charge in [-0.15, -0.1) is 0 Å². The molecule has 0 aromatic rings. The molecular formula is C30H50O3. The van der Waals surface area contributed by atoms with E-state index in [9.17, 15) is 15.0 Å². The number of carboxylic acids is 1. The first kappa shape index (κ1) is 24.1. The molecule has 5 fully saturated rings. The Morgan fingerprint density at radius 3 is 2.03 bits per heavy atom. The van der Waals surface area contributed by atoms with Crippen molar-refractivity contribution in [3.8, 4) is 0 Å². The van der Waals surface area contributed by atoms with Gasteiger partial charge >= 0.3 is 5.97 Å². The number of carboxylic acid groups (broad SMARTS) is 1. The molecule has 0 saturated heterocycles. The summed E-state index contributed by atoms with van der Waals surface area (Å²) in [6.45, 7) is 17.2. The van der Waals surface area contributed by atoms with Crippen molar-refractivity contribution in [1.82, 2.24) is 0 Å². The molecule has 5 saturated carbocycles. The second-order valence-corrected chi connectivity index (χ2v) is 15.5. The largest absolute Gasteiger partial charge is 0.481 e. The topological polar surface area (TPSA) is 57.5 Å². The van der Waals surface area contributed by atoms with Crippen LogP contribution in [0, 0.1) is 56.2 Å². The van der Waals surface area contributed by atoms with Crippen molar-refractivity contribution < 1.29 is 15.0 Å². The van der Waals surface area contributed by atoms with Crippen LogP contribution >= 0.6 is 0 Å². The van der Waals surface area contributed by atoms with E-state index in [2.05, 4.69) is 48.5 Å². The van der Waals surface area contributed by atoms with Crippen molar-refractivity contribution in [2.45, 2.75) is 125 Å². The fraction of sp³-hybridized carbons (Fsp3) is 0.967. The van der Waals surface area contributed by atoms with Gasteiger partial charge in [-0.05, 0) is 121 Å². The number of aliphatic hydroxyl groups excluding tert-OH is 1. The maximum absolute atomic E-state index is 12.8. The van der Waals surface area contributed by atoms with E-state index in [1.165, 1.54) is 25.7 Å². The third kappa shape index (κ3) is 2.93. The molecule has 0 aromatic heterocycles. The molecular weight excluding hydrogens is 408 g/mol. The van der Waals surface area contributed by atoms with Gasteiger partial charge in [0.1, 0.15) is 0 Å². The number of aliphatic carboxylic acids is 1. The maximum Gasteiger partial charge on any atom is 0.309 e. The monoisotopic (exact) mass is 458 g/mol. The lowest BCUT2D eigenvalue weighted by atomic mass is 9.31. The molecule has 5 rings (SSSR count). The number of carbonyl (C=O) groups is 1. The summed E-state index contributed by atoms with van der Waals surface area (Å²) in [6, 6.07) is 0. The molecule has 9 atom stereocenters. The van der Waals surface area contributed by atoms with Crippen molar-refractivity contribution in [1.29, 1.82) is 0 Å². The first-order chi connectivity index (χ1) is 15.1. The second-order valence-electron chi connectivity index (χ2n) is 15.5. The molecule has 188 valence electrons. The van der Waals surface area contributed by atoms with Gasteiger partial charge in [-0.3, -0.25) is 4.79 Å². The molecule has 0 radical (unpaired) electrons. The highest BCUT2D eigenvalue weighted by molar-refractivity contribution is 5.75. The molecule has 0 unspecified atom stereocenters. The van der Waals surface area contributed by atoms with Gasteiger partial charge in [-0.25, -0.2) is 0 Å². The quantitative estimate of drug-likeness (QED) is 0.433. The molecule has 0 aliphatic heterocycles. The number of rotatable bonds is 1. The van der Waals surface area contributed by atoms with Crippen molar-refractivity contribution in [2.75, 3.05) is 0 Å². The predicted molar refractivity (Wildman–Crippen MR) is 133 cm³/mol. The summed E-state index contributed by atoms with van der Waals surface area (Å²) in [5.41, 5.74) is 0.544. The van der Waals surface area contributed by atoms with Gasteiger partial charge in [0.2, 0.25) is 0 Å². The van der Waals surface area contributed by atoms with E-state index in [-0.39, 0.29) is 33.2 Å². The number of fused-ring (bicyclic) bond motifs is 7. The SMILES string of the molecule is CC1(C)CC[C@]2(C(=O)O)CC[C@]3(C)[C@H](CC[C@H]4[C@@]5(C)CC[C@H](O)C(C)(C)[C@@H]5CC[C@@]43C)[C@@H]2C1. The van der Waals surface area contributed by atoms with E-state index in [0.717, 1.165) is 44.9 Å². The Morgan fingerprint density at radius 2 is 1.36 bits per heavy atom. The van der Waals surface area contributed by atoms with E-state index in [1.54, 1.807) is 0 Å². The molecule has 5 aliphatic carbocycles. The molecule has 0 spiro atoms. The van der Waals surface area contributed by atoms with Gasteiger partial charge in [-0.2, -0.15) is 0 Å². The molecule has 0 amide bonds. The standard InChI is InChI=1S/C30H50O3/c1-25(2)14-16-30(24(32)33)17-15-28(6)19(20(30)18-25)8-9-22-27(5)12-11-23(31)26(3,4)21(27)10-13-29(22,28)7/h19-23,31H,8-18H2,1-7H3,(H,32,33)/t19-,20+,21+,22+,23+,27+,28-,29+,30+/m1/s1. The molecule has 3 nitrogen and oxygen atoms in total. The van der Waals surface area contributed by atoms with Crippen LogP contribution in [0.5, 0.6) is 0 Å². The van der Waals surface area contributed by atoms with Gasteiger partial charge in [0.15, 0.2) is 0 Å². The summed E-state index contributed by atoms with van der Waals surface area (Å²) < 4.78 is 0. The van der Waals surface area contributed by atoms with Crippen LogP contribution in [0.3, 0.4) is 0 Å². The summed E-state index contributed by atoms with van der Waals surface area (Å²) in [6.07, 6.45) is 11.8. The highest BCUT2D eigenvalue weighted by Crippen LogP contribution is 2.77. The zero-order valence-corrected chi connectivity index (χ0v) is 22.5. The fourth-order valence-electron chi connectivity index (χ4n) is 11.4. The van der Waals surface area contributed by atoms with Crippen molar-refractivity contribution >= 4 is 5.97 Å². The molecule has 0 heterocycles. The van der Waals surface area contributed by atoms with Gasteiger partial charge in [-0.1, -0.05) is 48.5 Å². The van der Waals surface area contributed by atoms with Crippen LogP contribution in [0.4, 0.5) is 0 Å². The van der Waals surface area contributed by atoms with Gasteiger partial charge in [0.25, 0.3) is 0 Å². The summed E-state index contributed by atoms with van der Waals surface area (Å²) in [4.78, 5) is 12.8. The van der Waals surface area contributed by atoms with E-state index < -0.39 is 11.4 Å². The van der Waals surface area contributed by atoms with Crippen molar-refractivity contribution in [3.05, 3.63) is 0 Å². The summed E-state index contributed by atoms with van der Waals surface area (Å²) >= 11 is 0. The van der Waals surface area contributed by atoms with Crippen molar-refractivity contribution in [2.24, 2.45) is 56.2 Å². The van der Waals surface area contributed by atoms with Crippen molar-refractivity contribution in [3.63, 3.8) is 0 Å². The van der Waals surface area contributed by atoms with Crippen LogP contribution in [0.2, 0.25) is 0 Å². The first-order valence-electron chi connectivity index (χ1n) is 14.1. The van der Waals surface area contributed by atoms with E-state index in [1.807, 2.05) is 0 Å². The van der Waals surface area contributed by atoms with E-state index >= 15 is 0 Å².